The molecule has 2 aromatic carbocycles. The fraction of sp³-hybridized carbons (Fsp3) is 0.300. The van der Waals surface area contributed by atoms with Gasteiger partial charge in [0.1, 0.15) is 5.82 Å². The molecule has 0 aromatic heterocycles. The molecule has 26 heavy (non-hydrogen) atoms. The molecule has 0 saturated heterocycles. The van der Waals surface area contributed by atoms with Crippen LogP contribution in [0.15, 0.2) is 48.5 Å². The Morgan fingerprint density at radius 3 is 2.50 bits per heavy atom. The van der Waals surface area contributed by atoms with Crippen molar-refractivity contribution in [3.63, 3.8) is 0 Å². The van der Waals surface area contributed by atoms with Crippen molar-refractivity contribution in [2.24, 2.45) is 5.73 Å². The number of carbonyl (C=O) groups is 2. The van der Waals surface area contributed by atoms with E-state index in [2.05, 4.69) is 5.32 Å². The lowest BCUT2D eigenvalue weighted by atomic mass is 9.93. The average Bonchev–Trinajstić information content (AvgIpc) is 2.61. The molecular weight excluding hydrogens is 333 g/mol. The van der Waals surface area contributed by atoms with Gasteiger partial charge < -0.3 is 11.1 Å². The lowest BCUT2D eigenvalue weighted by Gasteiger charge is -2.34. The van der Waals surface area contributed by atoms with Crippen LogP contribution in [0, 0.1) is 5.82 Å². The van der Waals surface area contributed by atoms with Crippen LogP contribution in [0.2, 0.25) is 0 Å². The minimum Gasteiger partial charge on any atom is -0.368 e. The molecule has 1 aliphatic rings. The Morgan fingerprint density at radius 2 is 1.85 bits per heavy atom. The van der Waals surface area contributed by atoms with E-state index in [0.29, 0.717) is 13.0 Å². The quantitative estimate of drug-likeness (QED) is 0.860. The van der Waals surface area contributed by atoms with E-state index in [4.69, 9.17) is 5.73 Å². The SMILES string of the molecule is C[C@@H](NC(=O)CN1Cc2ccccc2C[C@H]1C(N)=O)c1ccc(F)cc1. The molecule has 0 fully saturated rings. The summed E-state index contributed by atoms with van der Waals surface area (Å²) in [5.41, 5.74) is 8.56. The normalized spacial score (nSPS) is 18.0. The molecule has 3 rings (SSSR count). The monoisotopic (exact) mass is 355 g/mol. The van der Waals surface area contributed by atoms with Crippen molar-refractivity contribution in [1.29, 1.82) is 0 Å². The summed E-state index contributed by atoms with van der Waals surface area (Å²) < 4.78 is 13.0. The molecule has 0 spiro atoms. The van der Waals surface area contributed by atoms with Crippen molar-refractivity contribution in [1.82, 2.24) is 10.2 Å². The van der Waals surface area contributed by atoms with Crippen LogP contribution in [0.1, 0.15) is 29.7 Å². The summed E-state index contributed by atoms with van der Waals surface area (Å²) in [4.78, 5) is 26.1. The highest BCUT2D eigenvalue weighted by Gasteiger charge is 2.31. The second-order valence-corrected chi connectivity index (χ2v) is 6.64. The third-order valence-corrected chi connectivity index (χ3v) is 4.77. The molecule has 6 heteroatoms. The zero-order valence-corrected chi connectivity index (χ0v) is 14.6. The first-order valence-corrected chi connectivity index (χ1v) is 8.59. The summed E-state index contributed by atoms with van der Waals surface area (Å²) in [7, 11) is 0. The lowest BCUT2D eigenvalue weighted by Crippen LogP contribution is -2.51. The Hall–Kier alpha value is -2.73. The maximum absolute atomic E-state index is 13.0. The largest absolute Gasteiger partial charge is 0.368 e. The number of hydrogen-bond acceptors (Lipinski definition) is 3. The first-order chi connectivity index (χ1) is 12.4. The molecule has 0 radical (unpaired) electrons. The van der Waals surface area contributed by atoms with Crippen molar-refractivity contribution in [2.75, 3.05) is 6.54 Å². The number of nitrogens with two attached hydrogens (primary N) is 1. The standard InChI is InChI=1S/C20H22FN3O2/c1-13(14-6-8-17(21)9-7-14)23-19(25)12-24-11-16-5-3-2-4-15(16)10-18(24)20(22)26/h2-9,13,18H,10-12H2,1H3,(H2,22,26)(H,23,25)/t13-,18+/m1/s1. The van der Waals surface area contributed by atoms with Gasteiger partial charge in [0.25, 0.3) is 0 Å². The zero-order valence-electron chi connectivity index (χ0n) is 14.6. The van der Waals surface area contributed by atoms with Crippen LogP contribution in [0.5, 0.6) is 0 Å². The van der Waals surface area contributed by atoms with E-state index >= 15 is 0 Å². The molecular formula is C20H22FN3O2. The molecule has 0 aliphatic carbocycles. The predicted molar refractivity (Wildman–Crippen MR) is 96.5 cm³/mol. The van der Waals surface area contributed by atoms with Crippen molar-refractivity contribution in [3.8, 4) is 0 Å². The average molecular weight is 355 g/mol. The number of carbonyl (C=O) groups excluding carboxylic acids is 2. The van der Waals surface area contributed by atoms with Gasteiger partial charge in [0, 0.05) is 6.54 Å². The summed E-state index contributed by atoms with van der Waals surface area (Å²) in [5.74, 6) is -0.949. The second-order valence-electron chi connectivity index (χ2n) is 6.64. The number of nitrogens with one attached hydrogen (secondary N) is 1. The third kappa shape index (κ3) is 4.08. The molecule has 0 unspecified atom stereocenters. The fourth-order valence-electron chi connectivity index (χ4n) is 3.33. The highest BCUT2D eigenvalue weighted by molar-refractivity contribution is 5.83. The van der Waals surface area contributed by atoms with Gasteiger partial charge >= 0.3 is 0 Å². The first kappa shape index (κ1) is 18.1. The molecule has 2 atom stereocenters. The zero-order chi connectivity index (χ0) is 18.7. The lowest BCUT2D eigenvalue weighted by molar-refractivity contribution is -0.127. The van der Waals surface area contributed by atoms with E-state index in [1.54, 1.807) is 17.0 Å². The maximum Gasteiger partial charge on any atom is 0.235 e. The van der Waals surface area contributed by atoms with Gasteiger partial charge in [-0.1, -0.05) is 36.4 Å². The molecule has 5 nitrogen and oxygen atoms in total. The number of halogens is 1. The van der Waals surface area contributed by atoms with E-state index in [1.807, 2.05) is 31.2 Å². The van der Waals surface area contributed by atoms with E-state index in [0.717, 1.165) is 16.7 Å². The highest BCUT2D eigenvalue weighted by atomic mass is 19.1. The molecule has 1 heterocycles. The number of benzene rings is 2. The topological polar surface area (TPSA) is 75.4 Å². The van der Waals surface area contributed by atoms with Crippen molar-refractivity contribution < 1.29 is 14.0 Å². The van der Waals surface area contributed by atoms with Gasteiger partial charge in [-0.15, -0.1) is 0 Å². The fourth-order valence-corrected chi connectivity index (χ4v) is 3.33. The van der Waals surface area contributed by atoms with Crippen LogP contribution < -0.4 is 11.1 Å². The summed E-state index contributed by atoms with van der Waals surface area (Å²) >= 11 is 0. The van der Waals surface area contributed by atoms with Gasteiger partial charge in [-0.2, -0.15) is 0 Å². The van der Waals surface area contributed by atoms with Crippen LogP contribution in [0.25, 0.3) is 0 Å². The number of hydrogen-bond donors (Lipinski definition) is 2. The molecule has 0 bridgehead atoms. The smallest absolute Gasteiger partial charge is 0.235 e. The van der Waals surface area contributed by atoms with Gasteiger partial charge in [-0.3, -0.25) is 14.5 Å². The summed E-state index contributed by atoms with van der Waals surface area (Å²) in [5, 5.41) is 2.89. The number of amides is 2. The molecule has 0 saturated carbocycles. The molecule has 136 valence electrons. The van der Waals surface area contributed by atoms with E-state index in [-0.39, 0.29) is 24.3 Å². The minimum atomic E-state index is -0.503. The minimum absolute atomic E-state index is 0.0769. The Balaban J connectivity index is 1.67. The Kier molecular flexibility index (Phi) is 5.32. The van der Waals surface area contributed by atoms with Crippen LogP contribution in [-0.4, -0.2) is 29.3 Å². The van der Waals surface area contributed by atoms with Gasteiger partial charge in [-0.05, 0) is 42.2 Å². The first-order valence-electron chi connectivity index (χ1n) is 8.59. The van der Waals surface area contributed by atoms with Crippen molar-refractivity contribution >= 4 is 11.8 Å². The number of primary amides is 1. The molecule has 1 aliphatic heterocycles. The number of rotatable bonds is 5. The number of fused-ring (bicyclic) bond motifs is 1. The van der Waals surface area contributed by atoms with E-state index < -0.39 is 11.9 Å². The van der Waals surface area contributed by atoms with Gasteiger partial charge in [0.05, 0.1) is 18.6 Å². The van der Waals surface area contributed by atoms with Gasteiger partial charge in [0.15, 0.2) is 0 Å². The third-order valence-electron chi connectivity index (χ3n) is 4.77. The molecule has 3 N–H and O–H groups in total. The Morgan fingerprint density at radius 1 is 1.19 bits per heavy atom. The summed E-state index contributed by atoms with van der Waals surface area (Å²) in [6, 6.07) is 13.1. The molecule has 2 amide bonds. The van der Waals surface area contributed by atoms with Gasteiger partial charge in [-0.25, -0.2) is 4.39 Å². The molecule has 2 aromatic rings. The number of nitrogens with zero attached hydrogens (tertiary/aromatic N) is 1. The Labute approximate surface area is 152 Å². The highest BCUT2D eigenvalue weighted by Crippen LogP contribution is 2.23. The van der Waals surface area contributed by atoms with Crippen LogP contribution in [0.3, 0.4) is 0 Å². The Bertz CT molecular complexity index is 807. The van der Waals surface area contributed by atoms with Crippen LogP contribution in [-0.2, 0) is 22.6 Å². The predicted octanol–water partition coefficient (Wildman–Crippen LogP) is 1.92. The van der Waals surface area contributed by atoms with Crippen molar-refractivity contribution in [2.45, 2.75) is 32.0 Å². The van der Waals surface area contributed by atoms with Gasteiger partial charge in [0.2, 0.25) is 11.8 Å². The van der Waals surface area contributed by atoms with Crippen LogP contribution >= 0.6 is 0 Å². The second kappa shape index (κ2) is 7.66. The van der Waals surface area contributed by atoms with Crippen molar-refractivity contribution in [3.05, 3.63) is 71.0 Å². The van der Waals surface area contributed by atoms with E-state index in [9.17, 15) is 14.0 Å². The van der Waals surface area contributed by atoms with E-state index in [1.165, 1.54) is 12.1 Å². The van der Waals surface area contributed by atoms with Crippen LogP contribution in [0.4, 0.5) is 4.39 Å². The maximum atomic E-state index is 13.0. The summed E-state index contributed by atoms with van der Waals surface area (Å²) in [6.45, 7) is 2.41. The summed E-state index contributed by atoms with van der Waals surface area (Å²) in [6.07, 6.45) is 0.506.